The molecule has 0 aliphatic carbocycles. The molecule has 34 heavy (non-hydrogen) atoms. The molecule has 0 spiro atoms. The van der Waals surface area contributed by atoms with Crippen molar-refractivity contribution in [1.82, 2.24) is 5.32 Å². The average molecular weight is 481 g/mol. The Hall–Kier alpha value is -3.32. The lowest BCUT2D eigenvalue weighted by molar-refractivity contribution is 0.0935. The van der Waals surface area contributed by atoms with Crippen LogP contribution in [0.5, 0.6) is 5.75 Å². The largest absolute Gasteiger partial charge is 0.496 e. The van der Waals surface area contributed by atoms with E-state index in [0.717, 1.165) is 28.0 Å². The van der Waals surface area contributed by atoms with Gasteiger partial charge < -0.3 is 10.1 Å². The van der Waals surface area contributed by atoms with Gasteiger partial charge in [-0.2, -0.15) is 0 Å². The molecule has 0 bridgehead atoms. The average Bonchev–Trinajstić information content (AvgIpc) is 2.79. The fraction of sp³-hybridized carbons (Fsp3) is 0.296. The summed E-state index contributed by atoms with van der Waals surface area (Å²) in [6.45, 7) is 9.56. The van der Waals surface area contributed by atoms with Crippen molar-refractivity contribution in [2.45, 2.75) is 52.0 Å². The van der Waals surface area contributed by atoms with Crippen molar-refractivity contribution in [3.63, 3.8) is 0 Å². The number of benzene rings is 3. The summed E-state index contributed by atoms with van der Waals surface area (Å²) in [6, 6.07) is 15.7. The van der Waals surface area contributed by atoms with Crippen LogP contribution in [0, 0.1) is 27.7 Å². The molecule has 0 saturated heterocycles. The molecule has 3 rings (SSSR count). The Morgan fingerprint density at radius 2 is 1.59 bits per heavy atom. The number of hydrogen-bond acceptors (Lipinski definition) is 4. The smallest absolute Gasteiger partial charge is 0.262 e. The first-order valence-corrected chi connectivity index (χ1v) is 12.7. The van der Waals surface area contributed by atoms with Gasteiger partial charge >= 0.3 is 0 Å². The predicted molar refractivity (Wildman–Crippen MR) is 136 cm³/mol. The number of sulfonamides is 1. The molecule has 0 radical (unpaired) electrons. The molecule has 0 aromatic heterocycles. The van der Waals surface area contributed by atoms with Gasteiger partial charge in [0.2, 0.25) is 0 Å². The molecule has 2 N–H and O–H groups in total. The summed E-state index contributed by atoms with van der Waals surface area (Å²) in [7, 11) is -2.25. The van der Waals surface area contributed by atoms with Crippen LogP contribution >= 0.6 is 0 Å². The monoisotopic (exact) mass is 480 g/mol. The molecule has 0 heterocycles. The van der Waals surface area contributed by atoms with Crippen LogP contribution in [0.15, 0.2) is 59.5 Å². The molecule has 0 saturated carbocycles. The van der Waals surface area contributed by atoms with E-state index in [2.05, 4.69) is 10.0 Å². The number of aryl methyl sites for hydroxylation is 4. The molecule has 0 aliphatic rings. The lowest BCUT2D eigenvalue weighted by atomic mass is 10.0. The Labute approximate surface area is 202 Å². The van der Waals surface area contributed by atoms with Crippen molar-refractivity contribution < 1.29 is 17.9 Å². The zero-order chi connectivity index (χ0) is 25.0. The summed E-state index contributed by atoms with van der Waals surface area (Å²) in [6.07, 6.45) is 0.683. The zero-order valence-electron chi connectivity index (χ0n) is 20.5. The number of anilines is 1. The second kappa shape index (κ2) is 10.3. The minimum absolute atomic E-state index is 0.0757. The van der Waals surface area contributed by atoms with E-state index in [1.54, 1.807) is 38.3 Å². The number of amides is 1. The SMILES string of the molecule is CCC(NC(=O)c1ccc(C)c(S(=O)(=O)Nc2ccc(C)c(C)c2)c1)c1ccc(OC)c(C)c1. The molecular weight excluding hydrogens is 448 g/mol. The molecule has 1 amide bonds. The summed E-state index contributed by atoms with van der Waals surface area (Å²) in [5, 5.41) is 3.03. The first-order chi connectivity index (χ1) is 16.1. The van der Waals surface area contributed by atoms with Crippen LogP contribution in [-0.4, -0.2) is 21.4 Å². The van der Waals surface area contributed by atoms with Crippen LogP contribution in [0.1, 0.15) is 57.6 Å². The zero-order valence-corrected chi connectivity index (χ0v) is 21.3. The number of rotatable bonds is 8. The van der Waals surface area contributed by atoms with Crippen LogP contribution < -0.4 is 14.8 Å². The van der Waals surface area contributed by atoms with E-state index in [0.29, 0.717) is 17.7 Å². The van der Waals surface area contributed by atoms with E-state index in [1.165, 1.54) is 6.07 Å². The van der Waals surface area contributed by atoms with Crippen molar-refractivity contribution in [2.24, 2.45) is 0 Å². The highest BCUT2D eigenvalue weighted by Crippen LogP contribution is 2.26. The highest BCUT2D eigenvalue weighted by atomic mass is 32.2. The minimum atomic E-state index is -3.87. The van der Waals surface area contributed by atoms with Crippen LogP contribution in [0.4, 0.5) is 5.69 Å². The van der Waals surface area contributed by atoms with Crippen LogP contribution in [0.3, 0.4) is 0 Å². The normalized spacial score (nSPS) is 12.2. The minimum Gasteiger partial charge on any atom is -0.496 e. The standard InChI is InChI=1S/C27H32N2O4S/c1-7-24(21-11-13-25(33-6)20(5)14-21)28-27(30)22-10-8-18(3)26(16-22)34(31,32)29-23-12-9-17(2)19(4)15-23/h8-16,24,29H,7H2,1-6H3,(H,28,30). The van der Waals surface area contributed by atoms with Crippen LogP contribution in [0.25, 0.3) is 0 Å². The summed E-state index contributed by atoms with van der Waals surface area (Å²) >= 11 is 0. The molecule has 3 aromatic carbocycles. The van der Waals surface area contributed by atoms with E-state index in [-0.39, 0.29) is 22.4 Å². The maximum atomic E-state index is 13.1. The van der Waals surface area contributed by atoms with Gasteiger partial charge in [0.15, 0.2) is 0 Å². The fourth-order valence-corrected chi connectivity index (χ4v) is 5.15. The Bertz CT molecular complexity index is 1320. The Balaban J connectivity index is 1.86. The molecule has 0 fully saturated rings. The predicted octanol–water partition coefficient (Wildman–Crippen LogP) is 5.61. The van der Waals surface area contributed by atoms with E-state index < -0.39 is 10.0 Å². The van der Waals surface area contributed by atoms with Crippen molar-refractivity contribution in [2.75, 3.05) is 11.8 Å². The molecule has 3 aromatic rings. The third kappa shape index (κ3) is 5.59. The molecule has 180 valence electrons. The molecule has 1 atom stereocenters. The van der Waals surface area contributed by atoms with E-state index in [4.69, 9.17) is 4.74 Å². The lowest BCUT2D eigenvalue weighted by Crippen LogP contribution is -2.28. The Morgan fingerprint density at radius 1 is 0.882 bits per heavy atom. The maximum Gasteiger partial charge on any atom is 0.262 e. The van der Waals surface area contributed by atoms with Gasteiger partial charge in [0, 0.05) is 11.3 Å². The van der Waals surface area contributed by atoms with Crippen molar-refractivity contribution in [1.29, 1.82) is 0 Å². The van der Waals surface area contributed by atoms with Gasteiger partial charge in [-0.1, -0.05) is 31.2 Å². The van der Waals surface area contributed by atoms with Crippen molar-refractivity contribution in [3.05, 3.63) is 88.0 Å². The van der Waals surface area contributed by atoms with E-state index in [1.807, 2.05) is 52.0 Å². The van der Waals surface area contributed by atoms with Gasteiger partial charge in [-0.05, 0) is 92.3 Å². The molecule has 0 aliphatic heterocycles. The highest BCUT2D eigenvalue weighted by molar-refractivity contribution is 7.92. The summed E-state index contributed by atoms with van der Waals surface area (Å²) in [4.78, 5) is 13.2. The maximum absolute atomic E-state index is 13.1. The molecule has 1 unspecified atom stereocenters. The number of ether oxygens (including phenoxy) is 1. The number of methoxy groups -OCH3 is 1. The van der Waals surface area contributed by atoms with Gasteiger partial charge in [0.1, 0.15) is 5.75 Å². The van der Waals surface area contributed by atoms with Gasteiger partial charge in [-0.15, -0.1) is 0 Å². The van der Waals surface area contributed by atoms with E-state index in [9.17, 15) is 13.2 Å². The lowest BCUT2D eigenvalue weighted by Gasteiger charge is -2.19. The first kappa shape index (κ1) is 25.3. The van der Waals surface area contributed by atoms with Crippen LogP contribution in [-0.2, 0) is 10.0 Å². The number of carbonyl (C=O) groups excluding carboxylic acids is 1. The molecular formula is C27H32N2O4S. The second-order valence-corrected chi connectivity index (χ2v) is 10.2. The third-order valence-corrected chi connectivity index (χ3v) is 7.56. The highest BCUT2D eigenvalue weighted by Gasteiger charge is 2.21. The molecule has 6 nitrogen and oxygen atoms in total. The van der Waals surface area contributed by atoms with Gasteiger partial charge in [-0.25, -0.2) is 8.42 Å². The third-order valence-electron chi connectivity index (χ3n) is 6.03. The summed E-state index contributed by atoms with van der Waals surface area (Å²) in [5.41, 5.74) is 5.35. The van der Waals surface area contributed by atoms with Crippen LogP contribution in [0.2, 0.25) is 0 Å². The molecule has 7 heteroatoms. The van der Waals surface area contributed by atoms with E-state index >= 15 is 0 Å². The number of carbonyl (C=O) groups is 1. The fourth-order valence-electron chi connectivity index (χ4n) is 3.83. The topological polar surface area (TPSA) is 84.5 Å². The number of hydrogen-bond donors (Lipinski definition) is 2. The quantitative estimate of drug-likeness (QED) is 0.439. The Morgan fingerprint density at radius 3 is 2.21 bits per heavy atom. The Kier molecular flexibility index (Phi) is 7.67. The number of nitrogens with one attached hydrogen (secondary N) is 2. The second-order valence-electron chi connectivity index (χ2n) is 8.55. The van der Waals surface area contributed by atoms with Gasteiger partial charge in [0.25, 0.3) is 15.9 Å². The van der Waals surface area contributed by atoms with Crippen molar-refractivity contribution >= 4 is 21.6 Å². The van der Waals surface area contributed by atoms with Gasteiger partial charge in [0.05, 0.1) is 18.0 Å². The van der Waals surface area contributed by atoms with Gasteiger partial charge in [-0.3, -0.25) is 9.52 Å². The summed E-state index contributed by atoms with van der Waals surface area (Å²) < 4.78 is 34.2. The van der Waals surface area contributed by atoms with Crippen molar-refractivity contribution in [3.8, 4) is 5.75 Å². The first-order valence-electron chi connectivity index (χ1n) is 11.2. The summed E-state index contributed by atoms with van der Waals surface area (Å²) in [5.74, 6) is 0.456.